The number of halogens is 3. The smallest absolute Gasteiger partial charge is 0.276 e. The van der Waals surface area contributed by atoms with E-state index in [1.807, 2.05) is 13.8 Å². The van der Waals surface area contributed by atoms with Gasteiger partial charge in [0.25, 0.3) is 11.8 Å². The van der Waals surface area contributed by atoms with Gasteiger partial charge in [0.1, 0.15) is 11.5 Å². The molecule has 0 aromatic heterocycles. The van der Waals surface area contributed by atoms with Gasteiger partial charge in [0.2, 0.25) is 0 Å². The molecule has 2 amide bonds. The number of rotatable bonds is 6. The molecule has 0 aliphatic carbocycles. The van der Waals surface area contributed by atoms with Gasteiger partial charge in [-0.15, -0.1) is 0 Å². The maximum absolute atomic E-state index is 11.8. The molecule has 0 radical (unpaired) electrons. The van der Waals surface area contributed by atoms with Crippen LogP contribution in [0.3, 0.4) is 0 Å². The minimum absolute atomic E-state index is 0.264. The molecule has 2 aromatic carbocycles. The molecule has 144 valence electrons. The van der Waals surface area contributed by atoms with E-state index < -0.39 is 11.8 Å². The maximum atomic E-state index is 11.8. The lowest BCUT2D eigenvalue weighted by atomic mass is 10.1. The average Bonchev–Trinajstić information content (AvgIpc) is 2.61. The Morgan fingerprint density at radius 1 is 0.963 bits per heavy atom. The Morgan fingerprint density at radius 2 is 1.52 bits per heavy atom. The van der Waals surface area contributed by atoms with Crippen molar-refractivity contribution in [3.63, 3.8) is 0 Å². The van der Waals surface area contributed by atoms with Crippen molar-refractivity contribution in [3.8, 4) is 11.5 Å². The van der Waals surface area contributed by atoms with E-state index in [9.17, 15) is 9.59 Å². The molecule has 2 N–H and O–H groups in total. The minimum Gasteiger partial charge on any atom is -0.484 e. The molecule has 0 aliphatic rings. The highest BCUT2D eigenvalue weighted by molar-refractivity contribution is 9.10. The highest BCUT2D eigenvalue weighted by atomic mass is 79.9. The van der Waals surface area contributed by atoms with Crippen molar-refractivity contribution in [3.05, 3.63) is 56.0 Å². The molecular formula is C18H17BrCl2N2O4. The van der Waals surface area contributed by atoms with E-state index in [0.717, 1.165) is 15.6 Å². The van der Waals surface area contributed by atoms with E-state index in [1.165, 1.54) is 0 Å². The average molecular weight is 476 g/mol. The van der Waals surface area contributed by atoms with Gasteiger partial charge in [-0.1, -0.05) is 39.1 Å². The summed E-state index contributed by atoms with van der Waals surface area (Å²) in [6, 6.07) is 8.47. The highest BCUT2D eigenvalue weighted by Gasteiger charge is 2.09. The fourth-order valence-corrected chi connectivity index (χ4v) is 2.92. The molecule has 0 saturated heterocycles. The Bertz CT molecular complexity index is 838. The van der Waals surface area contributed by atoms with Gasteiger partial charge in [-0.3, -0.25) is 20.4 Å². The number of aryl methyl sites for hydroxylation is 2. The fraction of sp³-hybridized carbons (Fsp3) is 0.222. The zero-order valence-corrected chi connectivity index (χ0v) is 17.7. The number of hydrazine groups is 1. The lowest BCUT2D eigenvalue weighted by molar-refractivity contribution is -0.131. The number of nitrogens with one attached hydrogen (secondary N) is 2. The van der Waals surface area contributed by atoms with Crippen LogP contribution in [-0.2, 0) is 9.59 Å². The standard InChI is InChI=1S/C18H17BrCl2N2O4/c1-10-5-13(6-11(2)18(10)21)26-8-16(24)22-23-17(25)9-27-15-4-3-12(19)7-14(15)20/h3-7H,8-9H2,1-2H3,(H,22,24)(H,23,25). The Balaban J connectivity index is 1.74. The predicted molar refractivity (Wildman–Crippen MR) is 107 cm³/mol. The molecule has 27 heavy (non-hydrogen) atoms. The molecule has 0 atom stereocenters. The molecule has 0 saturated carbocycles. The first-order chi connectivity index (χ1) is 12.8. The highest BCUT2D eigenvalue weighted by Crippen LogP contribution is 2.27. The first kappa shape index (κ1) is 21.3. The van der Waals surface area contributed by atoms with Crippen LogP contribution in [0.1, 0.15) is 11.1 Å². The predicted octanol–water partition coefficient (Wildman–Crippen LogP) is 3.98. The zero-order chi connectivity index (χ0) is 20.0. The van der Waals surface area contributed by atoms with Gasteiger partial charge in [0.15, 0.2) is 13.2 Å². The van der Waals surface area contributed by atoms with Crippen molar-refractivity contribution < 1.29 is 19.1 Å². The Kier molecular flexibility index (Phi) is 7.77. The lowest BCUT2D eigenvalue weighted by Gasteiger charge is -2.11. The lowest BCUT2D eigenvalue weighted by Crippen LogP contribution is -2.45. The molecule has 0 fully saturated rings. The van der Waals surface area contributed by atoms with Crippen LogP contribution in [0.2, 0.25) is 10.0 Å². The van der Waals surface area contributed by atoms with E-state index >= 15 is 0 Å². The summed E-state index contributed by atoms with van der Waals surface area (Å²) in [4.78, 5) is 23.5. The van der Waals surface area contributed by atoms with Crippen LogP contribution < -0.4 is 20.3 Å². The second-order valence-electron chi connectivity index (χ2n) is 5.62. The number of hydrogen-bond acceptors (Lipinski definition) is 4. The van der Waals surface area contributed by atoms with Crippen molar-refractivity contribution in [1.29, 1.82) is 0 Å². The van der Waals surface area contributed by atoms with Gasteiger partial charge in [0, 0.05) is 9.50 Å². The molecule has 2 aromatic rings. The quantitative estimate of drug-likeness (QED) is 0.619. The molecule has 0 aliphatic heterocycles. The second-order valence-corrected chi connectivity index (χ2v) is 7.32. The van der Waals surface area contributed by atoms with Crippen LogP contribution in [0, 0.1) is 13.8 Å². The summed E-state index contributed by atoms with van der Waals surface area (Å²) in [7, 11) is 0. The number of carbonyl (C=O) groups excluding carboxylic acids is 2. The molecule has 2 rings (SSSR count). The first-order valence-corrected chi connectivity index (χ1v) is 9.36. The molecule has 0 bridgehead atoms. The number of benzene rings is 2. The minimum atomic E-state index is -0.541. The maximum Gasteiger partial charge on any atom is 0.276 e. The summed E-state index contributed by atoms with van der Waals surface area (Å²) >= 11 is 15.3. The third-order valence-electron chi connectivity index (χ3n) is 3.37. The number of carbonyl (C=O) groups is 2. The molecule has 0 unspecified atom stereocenters. The summed E-state index contributed by atoms with van der Waals surface area (Å²) in [5.74, 6) is -0.182. The van der Waals surface area contributed by atoms with Crippen LogP contribution in [0.4, 0.5) is 0 Å². The third-order valence-corrected chi connectivity index (χ3v) is 4.76. The van der Waals surface area contributed by atoms with Gasteiger partial charge in [-0.25, -0.2) is 0 Å². The van der Waals surface area contributed by atoms with Gasteiger partial charge >= 0.3 is 0 Å². The van der Waals surface area contributed by atoms with Crippen molar-refractivity contribution >= 4 is 50.9 Å². The van der Waals surface area contributed by atoms with Crippen molar-refractivity contribution in [2.75, 3.05) is 13.2 Å². The van der Waals surface area contributed by atoms with Crippen molar-refractivity contribution in [1.82, 2.24) is 10.9 Å². The monoisotopic (exact) mass is 474 g/mol. The third kappa shape index (κ3) is 6.61. The van der Waals surface area contributed by atoms with Gasteiger partial charge in [0.05, 0.1) is 5.02 Å². The SMILES string of the molecule is Cc1cc(OCC(=O)NNC(=O)COc2ccc(Br)cc2Cl)cc(C)c1Cl. The van der Waals surface area contributed by atoms with E-state index in [4.69, 9.17) is 32.7 Å². The largest absolute Gasteiger partial charge is 0.484 e. The second kappa shape index (κ2) is 9.82. The molecular weight excluding hydrogens is 459 g/mol. The molecule has 9 heteroatoms. The fourth-order valence-electron chi connectivity index (χ4n) is 2.09. The summed E-state index contributed by atoms with van der Waals surface area (Å²) in [6.07, 6.45) is 0. The van der Waals surface area contributed by atoms with E-state index in [1.54, 1.807) is 30.3 Å². The topological polar surface area (TPSA) is 76.7 Å². The summed E-state index contributed by atoms with van der Waals surface area (Å²) < 4.78 is 11.5. The number of ether oxygens (including phenoxy) is 2. The Labute approximate surface area is 175 Å². The van der Waals surface area contributed by atoms with Crippen molar-refractivity contribution in [2.24, 2.45) is 0 Å². The van der Waals surface area contributed by atoms with Gasteiger partial charge in [-0.2, -0.15) is 0 Å². The van der Waals surface area contributed by atoms with Crippen LogP contribution in [-0.4, -0.2) is 25.0 Å². The van der Waals surface area contributed by atoms with Gasteiger partial charge < -0.3 is 9.47 Å². The van der Waals surface area contributed by atoms with Gasteiger partial charge in [-0.05, 0) is 55.3 Å². The van der Waals surface area contributed by atoms with Crippen LogP contribution in [0.15, 0.2) is 34.8 Å². The van der Waals surface area contributed by atoms with Crippen molar-refractivity contribution in [2.45, 2.75) is 13.8 Å². The van der Waals surface area contributed by atoms with Crippen LogP contribution in [0.5, 0.6) is 11.5 Å². The number of amides is 2. The normalized spacial score (nSPS) is 10.3. The van der Waals surface area contributed by atoms with Crippen LogP contribution >= 0.6 is 39.1 Å². The number of hydrogen-bond donors (Lipinski definition) is 2. The van der Waals surface area contributed by atoms with E-state index in [-0.39, 0.29) is 13.2 Å². The molecule has 6 nitrogen and oxygen atoms in total. The summed E-state index contributed by atoms with van der Waals surface area (Å²) in [6.45, 7) is 3.12. The first-order valence-electron chi connectivity index (χ1n) is 7.81. The summed E-state index contributed by atoms with van der Waals surface area (Å²) in [5.41, 5.74) is 6.18. The Morgan fingerprint density at radius 3 is 2.07 bits per heavy atom. The summed E-state index contributed by atoms with van der Waals surface area (Å²) in [5, 5.41) is 1.02. The van der Waals surface area contributed by atoms with Crippen LogP contribution in [0.25, 0.3) is 0 Å². The Hall–Kier alpha value is -1.96. The zero-order valence-electron chi connectivity index (χ0n) is 14.6. The molecule has 0 spiro atoms. The van der Waals surface area contributed by atoms with E-state index in [0.29, 0.717) is 21.5 Å². The molecule has 0 heterocycles. The van der Waals surface area contributed by atoms with E-state index in [2.05, 4.69) is 26.8 Å².